The van der Waals surface area contributed by atoms with Crippen molar-refractivity contribution in [1.29, 1.82) is 0 Å². The van der Waals surface area contributed by atoms with E-state index in [0.29, 0.717) is 19.6 Å². The summed E-state index contributed by atoms with van der Waals surface area (Å²) in [7, 11) is 1.63. The van der Waals surface area contributed by atoms with Crippen molar-refractivity contribution in [1.82, 2.24) is 10.2 Å². The van der Waals surface area contributed by atoms with Crippen molar-refractivity contribution < 1.29 is 14.3 Å². The van der Waals surface area contributed by atoms with Crippen molar-refractivity contribution in [2.45, 2.75) is 33.2 Å². The quantitative estimate of drug-likeness (QED) is 0.595. The van der Waals surface area contributed by atoms with Crippen LogP contribution in [0.2, 0.25) is 0 Å². The summed E-state index contributed by atoms with van der Waals surface area (Å²) in [6.45, 7) is 7.66. The first-order valence-corrected chi connectivity index (χ1v) is 11.0. The number of methoxy groups -OCH3 is 1. The third kappa shape index (κ3) is 6.23. The number of hydrogen-bond acceptors (Lipinski definition) is 4. The molecular weight excluding hydrogens is 390 g/mol. The van der Waals surface area contributed by atoms with E-state index >= 15 is 0 Å². The molecule has 0 aliphatic carbocycles. The number of aryl methyl sites for hydroxylation is 1. The molecule has 3 rings (SSSR count). The minimum atomic E-state index is -0.273. The number of rotatable bonds is 10. The summed E-state index contributed by atoms with van der Waals surface area (Å²) < 4.78 is 5.17. The van der Waals surface area contributed by atoms with Crippen LogP contribution in [0.1, 0.15) is 30.9 Å². The van der Waals surface area contributed by atoms with Crippen LogP contribution in [0.3, 0.4) is 0 Å². The summed E-state index contributed by atoms with van der Waals surface area (Å²) in [5.74, 6) is 0.527. The molecule has 1 N–H and O–H groups in total. The SMILES string of the molecule is CCN(CCCNC(=O)C1CC(=O)N(Cc2ccc(OC)cc2)C1)c1cccc(C)c1. The van der Waals surface area contributed by atoms with Gasteiger partial charge in [0, 0.05) is 44.8 Å². The highest BCUT2D eigenvalue weighted by Gasteiger charge is 2.34. The molecule has 1 aliphatic heterocycles. The Morgan fingerprint density at radius 3 is 2.68 bits per heavy atom. The van der Waals surface area contributed by atoms with Gasteiger partial charge in [-0.3, -0.25) is 9.59 Å². The molecule has 2 aromatic carbocycles. The first kappa shape index (κ1) is 22.7. The molecule has 6 heteroatoms. The van der Waals surface area contributed by atoms with Crippen LogP contribution < -0.4 is 15.0 Å². The van der Waals surface area contributed by atoms with Gasteiger partial charge in [0.25, 0.3) is 0 Å². The van der Waals surface area contributed by atoms with Gasteiger partial charge in [0.05, 0.1) is 13.0 Å². The third-order valence-corrected chi connectivity index (χ3v) is 5.77. The van der Waals surface area contributed by atoms with Gasteiger partial charge < -0.3 is 19.9 Å². The van der Waals surface area contributed by atoms with Gasteiger partial charge in [-0.15, -0.1) is 0 Å². The van der Waals surface area contributed by atoms with E-state index in [1.807, 2.05) is 24.3 Å². The zero-order valence-electron chi connectivity index (χ0n) is 18.8. The molecule has 166 valence electrons. The third-order valence-electron chi connectivity index (χ3n) is 5.77. The van der Waals surface area contributed by atoms with Crippen molar-refractivity contribution in [3.8, 4) is 5.75 Å². The molecule has 0 aromatic heterocycles. The smallest absolute Gasteiger partial charge is 0.225 e. The number of anilines is 1. The summed E-state index contributed by atoms with van der Waals surface area (Å²) in [5, 5.41) is 3.03. The van der Waals surface area contributed by atoms with E-state index in [0.717, 1.165) is 30.8 Å². The molecule has 2 amide bonds. The highest BCUT2D eigenvalue weighted by Crippen LogP contribution is 2.21. The predicted octanol–water partition coefficient (Wildman–Crippen LogP) is 3.38. The summed E-state index contributed by atoms with van der Waals surface area (Å²) in [5.41, 5.74) is 3.49. The minimum absolute atomic E-state index is 0.0239. The Hall–Kier alpha value is -3.02. The largest absolute Gasteiger partial charge is 0.497 e. The Bertz CT molecular complexity index is 882. The Balaban J connectivity index is 1.42. The second kappa shape index (κ2) is 10.8. The highest BCUT2D eigenvalue weighted by atomic mass is 16.5. The zero-order chi connectivity index (χ0) is 22.2. The number of ether oxygens (including phenoxy) is 1. The molecule has 6 nitrogen and oxygen atoms in total. The molecule has 1 saturated heterocycles. The number of carbonyl (C=O) groups is 2. The second-order valence-electron chi connectivity index (χ2n) is 8.09. The number of nitrogens with one attached hydrogen (secondary N) is 1. The lowest BCUT2D eigenvalue weighted by Crippen LogP contribution is -2.35. The van der Waals surface area contributed by atoms with E-state index < -0.39 is 0 Å². The van der Waals surface area contributed by atoms with E-state index in [1.54, 1.807) is 12.0 Å². The molecule has 1 unspecified atom stereocenters. The number of amides is 2. The summed E-state index contributed by atoms with van der Waals surface area (Å²) in [4.78, 5) is 29.0. The summed E-state index contributed by atoms with van der Waals surface area (Å²) >= 11 is 0. The molecule has 0 saturated carbocycles. The molecule has 31 heavy (non-hydrogen) atoms. The molecule has 0 spiro atoms. The van der Waals surface area contributed by atoms with Crippen molar-refractivity contribution in [2.75, 3.05) is 38.2 Å². The van der Waals surface area contributed by atoms with Crippen molar-refractivity contribution in [3.63, 3.8) is 0 Å². The molecule has 2 aromatic rings. The maximum absolute atomic E-state index is 12.6. The average Bonchev–Trinajstić information content (AvgIpc) is 3.14. The van der Waals surface area contributed by atoms with E-state index in [2.05, 4.69) is 48.3 Å². The molecule has 1 heterocycles. The lowest BCUT2D eigenvalue weighted by atomic mass is 10.1. The lowest BCUT2D eigenvalue weighted by molar-refractivity contribution is -0.129. The summed E-state index contributed by atoms with van der Waals surface area (Å²) in [6, 6.07) is 16.1. The molecule has 1 aliphatic rings. The standard InChI is InChI=1S/C25H33N3O3/c1-4-27(22-8-5-7-19(2)15-22)14-6-13-26-25(30)21-16-24(29)28(18-21)17-20-9-11-23(31-3)12-10-20/h5,7-12,15,21H,4,6,13-14,16-18H2,1-3H3,(H,26,30). The first-order chi connectivity index (χ1) is 15.0. The molecule has 0 radical (unpaired) electrons. The first-order valence-electron chi connectivity index (χ1n) is 11.0. The average molecular weight is 424 g/mol. The minimum Gasteiger partial charge on any atom is -0.497 e. The molecule has 0 bridgehead atoms. The van der Waals surface area contributed by atoms with Crippen molar-refractivity contribution in [2.24, 2.45) is 5.92 Å². The van der Waals surface area contributed by atoms with Gasteiger partial charge in [0.1, 0.15) is 5.75 Å². The van der Waals surface area contributed by atoms with Crippen LogP contribution in [0.25, 0.3) is 0 Å². The Morgan fingerprint density at radius 1 is 1.23 bits per heavy atom. The highest BCUT2D eigenvalue weighted by molar-refractivity contribution is 5.89. The Labute approximate surface area is 185 Å². The zero-order valence-corrected chi connectivity index (χ0v) is 18.8. The lowest BCUT2D eigenvalue weighted by Gasteiger charge is -2.23. The van der Waals surface area contributed by atoms with Crippen LogP contribution in [0.15, 0.2) is 48.5 Å². The second-order valence-corrected chi connectivity index (χ2v) is 8.09. The van der Waals surface area contributed by atoms with Crippen LogP contribution in [0, 0.1) is 12.8 Å². The van der Waals surface area contributed by atoms with Crippen LogP contribution in [0.4, 0.5) is 5.69 Å². The van der Waals surface area contributed by atoms with Crippen molar-refractivity contribution in [3.05, 3.63) is 59.7 Å². The maximum Gasteiger partial charge on any atom is 0.225 e. The fourth-order valence-electron chi connectivity index (χ4n) is 3.97. The van der Waals surface area contributed by atoms with E-state index in [1.165, 1.54) is 11.3 Å². The Kier molecular flexibility index (Phi) is 7.93. The van der Waals surface area contributed by atoms with Gasteiger partial charge in [-0.1, -0.05) is 24.3 Å². The van der Waals surface area contributed by atoms with Gasteiger partial charge in [-0.05, 0) is 55.7 Å². The fraction of sp³-hybridized carbons (Fsp3) is 0.440. The molecule has 1 fully saturated rings. The van der Waals surface area contributed by atoms with Gasteiger partial charge in [-0.25, -0.2) is 0 Å². The van der Waals surface area contributed by atoms with Gasteiger partial charge >= 0.3 is 0 Å². The maximum atomic E-state index is 12.6. The van der Waals surface area contributed by atoms with E-state index in [9.17, 15) is 9.59 Å². The van der Waals surface area contributed by atoms with Crippen LogP contribution in [-0.2, 0) is 16.1 Å². The molecule has 1 atom stereocenters. The number of carbonyl (C=O) groups excluding carboxylic acids is 2. The topological polar surface area (TPSA) is 61.9 Å². The molecular formula is C25H33N3O3. The number of hydrogen-bond donors (Lipinski definition) is 1. The number of nitrogens with zero attached hydrogens (tertiary/aromatic N) is 2. The monoisotopic (exact) mass is 423 g/mol. The van der Waals surface area contributed by atoms with Crippen LogP contribution in [0.5, 0.6) is 5.75 Å². The van der Waals surface area contributed by atoms with Crippen LogP contribution in [-0.4, -0.2) is 50.0 Å². The van der Waals surface area contributed by atoms with Crippen molar-refractivity contribution >= 4 is 17.5 Å². The normalized spacial score (nSPS) is 15.8. The van der Waals surface area contributed by atoms with Crippen LogP contribution >= 0.6 is 0 Å². The summed E-state index contributed by atoms with van der Waals surface area (Å²) in [6.07, 6.45) is 1.15. The van der Waals surface area contributed by atoms with Gasteiger partial charge in [0.15, 0.2) is 0 Å². The number of likely N-dealkylation sites (tertiary alicyclic amines) is 1. The number of benzene rings is 2. The predicted molar refractivity (Wildman–Crippen MR) is 123 cm³/mol. The Morgan fingerprint density at radius 2 is 2.00 bits per heavy atom. The van der Waals surface area contributed by atoms with E-state index in [-0.39, 0.29) is 24.2 Å². The van der Waals surface area contributed by atoms with E-state index in [4.69, 9.17) is 4.74 Å². The van der Waals surface area contributed by atoms with Gasteiger partial charge in [-0.2, -0.15) is 0 Å². The van der Waals surface area contributed by atoms with Gasteiger partial charge in [0.2, 0.25) is 11.8 Å². The fourth-order valence-corrected chi connectivity index (χ4v) is 3.97.